The standard InChI is InChI=1S/C9H15N3O/c1-3-4-13-6-9-11-7(2)5-8(10)12-9/h5H,3-4,6H2,1-2H3,(H2,10,11,12). The second kappa shape index (κ2) is 4.77. The highest BCUT2D eigenvalue weighted by atomic mass is 16.5. The quantitative estimate of drug-likeness (QED) is 0.711. The topological polar surface area (TPSA) is 61.0 Å². The van der Waals surface area contributed by atoms with Gasteiger partial charge in [0.1, 0.15) is 12.4 Å². The van der Waals surface area contributed by atoms with Crippen LogP contribution < -0.4 is 5.73 Å². The SMILES string of the molecule is CCCOCc1nc(C)cc(N)n1. The predicted octanol–water partition coefficient (Wildman–Crippen LogP) is 1.29. The van der Waals surface area contributed by atoms with E-state index in [0.717, 1.165) is 18.7 Å². The number of rotatable bonds is 4. The molecule has 0 fully saturated rings. The van der Waals surface area contributed by atoms with Crippen molar-refractivity contribution in [2.75, 3.05) is 12.3 Å². The first-order chi connectivity index (χ1) is 6.22. The number of nitrogen functional groups attached to an aromatic ring is 1. The molecule has 0 aliphatic rings. The minimum absolute atomic E-state index is 0.444. The molecular weight excluding hydrogens is 166 g/mol. The minimum Gasteiger partial charge on any atom is -0.384 e. The van der Waals surface area contributed by atoms with Crippen molar-refractivity contribution in [3.05, 3.63) is 17.6 Å². The molecule has 0 aromatic carbocycles. The molecule has 2 N–H and O–H groups in total. The predicted molar refractivity (Wildman–Crippen MR) is 51.1 cm³/mol. The Bertz CT molecular complexity index is 255. The van der Waals surface area contributed by atoms with Gasteiger partial charge in [-0.1, -0.05) is 6.92 Å². The van der Waals surface area contributed by atoms with Crippen LogP contribution in [0.2, 0.25) is 0 Å². The number of nitrogens with two attached hydrogens (primary N) is 1. The fourth-order valence-electron chi connectivity index (χ4n) is 1.03. The maximum atomic E-state index is 5.56. The largest absolute Gasteiger partial charge is 0.384 e. The van der Waals surface area contributed by atoms with E-state index in [-0.39, 0.29) is 0 Å². The summed E-state index contributed by atoms with van der Waals surface area (Å²) in [6.07, 6.45) is 1.00. The molecule has 0 aliphatic heterocycles. The lowest BCUT2D eigenvalue weighted by Gasteiger charge is -2.03. The zero-order chi connectivity index (χ0) is 9.68. The van der Waals surface area contributed by atoms with Gasteiger partial charge in [-0.15, -0.1) is 0 Å². The number of anilines is 1. The summed E-state index contributed by atoms with van der Waals surface area (Å²) in [7, 11) is 0. The molecule has 0 saturated heterocycles. The van der Waals surface area contributed by atoms with Crippen molar-refractivity contribution in [2.24, 2.45) is 0 Å². The van der Waals surface area contributed by atoms with Gasteiger partial charge >= 0.3 is 0 Å². The van der Waals surface area contributed by atoms with Crippen LogP contribution in [0.15, 0.2) is 6.07 Å². The Hall–Kier alpha value is -1.16. The van der Waals surface area contributed by atoms with E-state index in [9.17, 15) is 0 Å². The van der Waals surface area contributed by atoms with Crippen molar-refractivity contribution in [3.8, 4) is 0 Å². The average Bonchev–Trinajstić information content (AvgIpc) is 2.03. The third-order valence-corrected chi connectivity index (χ3v) is 1.50. The van der Waals surface area contributed by atoms with Gasteiger partial charge in [0.25, 0.3) is 0 Å². The van der Waals surface area contributed by atoms with Gasteiger partial charge in [0.2, 0.25) is 0 Å². The van der Waals surface area contributed by atoms with Crippen molar-refractivity contribution in [1.82, 2.24) is 9.97 Å². The minimum atomic E-state index is 0.444. The molecule has 0 radical (unpaired) electrons. The smallest absolute Gasteiger partial charge is 0.156 e. The first-order valence-corrected chi connectivity index (χ1v) is 4.40. The number of ether oxygens (including phenoxy) is 1. The fraction of sp³-hybridized carbons (Fsp3) is 0.556. The molecule has 4 heteroatoms. The summed E-state index contributed by atoms with van der Waals surface area (Å²) in [4.78, 5) is 8.24. The van der Waals surface area contributed by atoms with E-state index in [1.807, 2.05) is 6.92 Å². The molecule has 1 rings (SSSR count). The van der Waals surface area contributed by atoms with Gasteiger partial charge in [-0.05, 0) is 13.3 Å². The Morgan fingerprint density at radius 1 is 1.46 bits per heavy atom. The molecule has 0 aliphatic carbocycles. The normalized spacial score (nSPS) is 10.3. The van der Waals surface area contributed by atoms with E-state index < -0.39 is 0 Å². The van der Waals surface area contributed by atoms with Crippen LogP contribution in [0.25, 0.3) is 0 Å². The Morgan fingerprint density at radius 2 is 2.23 bits per heavy atom. The number of hydrogen-bond donors (Lipinski definition) is 1. The summed E-state index contributed by atoms with van der Waals surface area (Å²) >= 11 is 0. The van der Waals surface area contributed by atoms with Gasteiger partial charge < -0.3 is 10.5 Å². The van der Waals surface area contributed by atoms with Crippen LogP contribution in [0.5, 0.6) is 0 Å². The molecule has 13 heavy (non-hydrogen) atoms. The average molecular weight is 181 g/mol. The highest BCUT2D eigenvalue weighted by Crippen LogP contribution is 2.02. The van der Waals surface area contributed by atoms with Crippen LogP contribution in [0, 0.1) is 6.92 Å². The molecule has 0 bridgehead atoms. The molecule has 0 spiro atoms. The van der Waals surface area contributed by atoms with Crippen LogP contribution in [-0.2, 0) is 11.3 Å². The van der Waals surface area contributed by atoms with Crippen molar-refractivity contribution in [3.63, 3.8) is 0 Å². The molecular formula is C9H15N3O. The lowest BCUT2D eigenvalue weighted by atomic mass is 10.4. The summed E-state index contributed by atoms with van der Waals surface area (Å²) in [6, 6.07) is 1.74. The van der Waals surface area contributed by atoms with Crippen molar-refractivity contribution < 1.29 is 4.74 Å². The summed E-state index contributed by atoms with van der Waals surface area (Å²) < 4.78 is 5.30. The van der Waals surface area contributed by atoms with Crippen LogP contribution in [0.3, 0.4) is 0 Å². The highest BCUT2D eigenvalue weighted by molar-refractivity contribution is 5.28. The lowest BCUT2D eigenvalue weighted by Crippen LogP contribution is -2.03. The van der Waals surface area contributed by atoms with Gasteiger partial charge in [0, 0.05) is 18.4 Å². The van der Waals surface area contributed by atoms with Crippen LogP contribution in [0.4, 0.5) is 5.82 Å². The van der Waals surface area contributed by atoms with Crippen molar-refractivity contribution in [2.45, 2.75) is 26.9 Å². The zero-order valence-corrected chi connectivity index (χ0v) is 8.08. The van der Waals surface area contributed by atoms with Crippen LogP contribution in [-0.4, -0.2) is 16.6 Å². The van der Waals surface area contributed by atoms with Crippen LogP contribution in [0.1, 0.15) is 24.9 Å². The van der Waals surface area contributed by atoms with Crippen molar-refractivity contribution in [1.29, 1.82) is 0 Å². The maximum absolute atomic E-state index is 5.56. The summed E-state index contributed by atoms with van der Waals surface area (Å²) in [6.45, 7) is 5.13. The molecule has 0 unspecified atom stereocenters. The second-order valence-electron chi connectivity index (χ2n) is 2.90. The Balaban J connectivity index is 2.56. The van der Waals surface area contributed by atoms with Gasteiger partial charge in [0.15, 0.2) is 5.82 Å². The molecule has 0 atom stereocenters. The van der Waals surface area contributed by atoms with Gasteiger partial charge in [-0.3, -0.25) is 0 Å². The fourth-order valence-corrected chi connectivity index (χ4v) is 1.03. The second-order valence-corrected chi connectivity index (χ2v) is 2.90. The summed E-state index contributed by atoms with van der Waals surface area (Å²) in [5, 5.41) is 0. The number of nitrogens with zero attached hydrogens (tertiary/aromatic N) is 2. The van der Waals surface area contributed by atoms with Crippen LogP contribution >= 0.6 is 0 Å². The number of aryl methyl sites for hydroxylation is 1. The number of aromatic nitrogens is 2. The molecule has 1 heterocycles. The molecule has 0 saturated carbocycles. The third-order valence-electron chi connectivity index (χ3n) is 1.50. The highest BCUT2D eigenvalue weighted by Gasteiger charge is 1.99. The molecule has 0 amide bonds. The summed E-state index contributed by atoms with van der Waals surface area (Å²) in [5.74, 6) is 1.16. The van der Waals surface area contributed by atoms with Crippen molar-refractivity contribution >= 4 is 5.82 Å². The van der Waals surface area contributed by atoms with E-state index in [2.05, 4.69) is 16.9 Å². The zero-order valence-electron chi connectivity index (χ0n) is 8.08. The van der Waals surface area contributed by atoms with E-state index >= 15 is 0 Å². The molecule has 1 aromatic rings. The lowest BCUT2D eigenvalue weighted by molar-refractivity contribution is 0.116. The first kappa shape index (κ1) is 9.92. The Labute approximate surface area is 78.1 Å². The van der Waals surface area contributed by atoms with Gasteiger partial charge in [-0.25, -0.2) is 9.97 Å². The monoisotopic (exact) mass is 181 g/mol. The number of hydrogen-bond acceptors (Lipinski definition) is 4. The van der Waals surface area contributed by atoms with E-state index in [1.165, 1.54) is 0 Å². The Kier molecular flexibility index (Phi) is 3.64. The van der Waals surface area contributed by atoms with Gasteiger partial charge in [0.05, 0.1) is 0 Å². The van der Waals surface area contributed by atoms with E-state index in [4.69, 9.17) is 10.5 Å². The first-order valence-electron chi connectivity index (χ1n) is 4.40. The third kappa shape index (κ3) is 3.38. The maximum Gasteiger partial charge on any atom is 0.156 e. The van der Waals surface area contributed by atoms with E-state index in [0.29, 0.717) is 18.2 Å². The van der Waals surface area contributed by atoms with E-state index in [1.54, 1.807) is 6.07 Å². The molecule has 72 valence electrons. The molecule has 1 aromatic heterocycles. The summed E-state index contributed by atoms with van der Waals surface area (Å²) in [5.41, 5.74) is 6.43. The molecule has 4 nitrogen and oxygen atoms in total. The van der Waals surface area contributed by atoms with Gasteiger partial charge in [-0.2, -0.15) is 0 Å². The Morgan fingerprint density at radius 3 is 2.85 bits per heavy atom.